The minimum atomic E-state index is -0.302. The number of aromatic nitrogens is 2. The molecule has 2 aromatic heterocycles. The molecular weight excluding hydrogens is 394 g/mol. The summed E-state index contributed by atoms with van der Waals surface area (Å²) in [5.41, 5.74) is 2.26. The monoisotopic (exact) mass is 417 g/mol. The SMILES string of the molecule is CC[C@@H](C(=O)Nc1cccc(OCc2cc(=O)n3oc(C)cc3n2)c1)c1ccccc1. The van der Waals surface area contributed by atoms with Crippen molar-refractivity contribution in [3.63, 3.8) is 0 Å². The number of ether oxygens (including phenoxy) is 1. The summed E-state index contributed by atoms with van der Waals surface area (Å²) in [6, 6.07) is 20.0. The smallest absolute Gasteiger partial charge is 0.287 e. The maximum Gasteiger partial charge on any atom is 0.287 e. The zero-order chi connectivity index (χ0) is 21.8. The van der Waals surface area contributed by atoms with Crippen LogP contribution < -0.4 is 15.6 Å². The molecule has 0 bridgehead atoms. The molecule has 0 radical (unpaired) electrons. The van der Waals surface area contributed by atoms with Gasteiger partial charge in [0.1, 0.15) is 18.1 Å². The van der Waals surface area contributed by atoms with Gasteiger partial charge < -0.3 is 14.6 Å². The maximum absolute atomic E-state index is 12.8. The van der Waals surface area contributed by atoms with Crippen molar-refractivity contribution in [2.24, 2.45) is 0 Å². The molecule has 1 amide bonds. The minimum Gasteiger partial charge on any atom is -0.487 e. The molecule has 2 aromatic carbocycles. The number of benzene rings is 2. The fraction of sp³-hybridized carbons (Fsp3) is 0.208. The number of nitrogens with one attached hydrogen (secondary N) is 1. The number of rotatable bonds is 7. The Labute approximate surface area is 179 Å². The van der Waals surface area contributed by atoms with E-state index >= 15 is 0 Å². The van der Waals surface area contributed by atoms with Crippen LogP contribution in [0.15, 0.2) is 76.0 Å². The van der Waals surface area contributed by atoms with Crippen molar-refractivity contribution >= 4 is 17.2 Å². The van der Waals surface area contributed by atoms with Crippen LogP contribution in [-0.2, 0) is 11.4 Å². The average Bonchev–Trinajstić information content (AvgIpc) is 3.15. The quantitative estimate of drug-likeness (QED) is 0.484. The van der Waals surface area contributed by atoms with E-state index in [1.807, 2.05) is 43.3 Å². The standard InChI is InChI=1S/C24H23N3O4/c1-3-21(17-8-5-4-6-9-17)24(29)26-18-10-7-11-20(13-18)30-15-19-14-23(28)27-22(25-19)12-16(2)31-27/h4-14,21H,3,15H2,1-2H3,(H,26,29)/t21-/m1/s1. The predicted molar refractivity (Wildman–Crippen MR) is 117 cm³/mol. The van der Waals surface area contributed by atoms with Gasteiger partial charge in [0.2, 0.25) is 5.91 Å². The highest BCUT2D eigenvalue weighted by Crippen LogP contribution is 2.23. The molecule has 4 aromatic rings. The van der Waals surface area contributed by atoms with Gasteiger partial charge in [-0.2, -0.15) is 0 Å². The maximum atomic E-state index is 12.8. The van der Waals surface area contributed by atoms with Crippen LogP contribution in [-0.4, -0.2) is 15.5 Å². The Morgan fingerprint density at radius 1 is 1.13 bits per heavy atom. The van der Waals surface area contributed by atoms with Crippen molar-refractivity contribution in [2.75, 3.05) is 5.32 Å². The van der Waals surface area contributed by atoms with Gasteiger partial charge in [0.25, 0.3) is 5.56 Å². The zero-order valence-corrected chi connectivity index (χ0v) is 17.4. The van der Waals surface area contributed by atoms with E-state index in [2.05, 4.69) is 10.3 Å². The molecule has 7 nitrogen and oxygen atoms in total. The lowest BCUT2D eigenvalue weighted by molar-refractivity contribution is -0.117. The van der Waals surface area contributed by atoms with Crippen LogP contribution in [0.5, 0.6) is 5.75 Å². The summed E-state index contributed by atoms with van der Waals surface area (Å²) in [7, 11) is 0. The van der Waals surface area contributed by atoms with Crippen LogP contribution in [0.4, 0.5) is 5.69 Å². The third-order valence-electron chi connectivity index (χ3n) is 4.94. The Kier molecular flexibility index (Phi) is 5.84. The van der Waals surface area contributed by atoms with E-state index in [0.717, 1.165) is 10.1 Å². The van der Waals surface area contributed by atoms with Gasteiger partial charge in [-0.25, -0.2) is 4.98 Å². The number of hydrogen-bond donors (Lipinski definition) is 1. The summed E-state index contributed by atoms with van der Waals surface area (Å²) in [5.74, 6) is 0.873. The molecule has 0 saturated carbocycles. The molecule has 7 heteroatoms. The van der Waals surface area contributed by atoms with Crippen molar-refractivity contribution in [3.05, 3.63) is 94.1 Å². The molecule has 1 N–H and O–H groups in total. The van der Waals surface area contributed by atoms with Crippen molar-refractivity contribution < 1.29 is 14.1 Å². The Balaban J connectivity index is 1.45. The van der Waals surface area contributed by atoms with Crippen LogP contribution in [0, 0.1) is 6.92 Å². The molecule has 0 aliphatic heterocycles. The van der Waals surface area contributed by atoms with E-state index in [1.54, 1.807) is 31.2 Å². The van der Waals surface area contributed by atoms with Crippen LogP contribution in [0.2, 0.25) is 0 Å². The fourth-order valence-electron chi connectivity index (χ4n) is 3.46. The Bertz CT molecular complexity index is 1260. The largest absolute Gasteiger partial charge is 0.487 e. The van der Waals surface area contributed by atoms with E-state index in [9.17, 15) is 9.59 Å². The third-order valence-corrected chi connectivity index (χ3v) is 4.94. The topological polar surface area (TPSA) is 85.8 Å². The van der Waals surface area contributed by atoms with Gasteiger partial charge in [-0.3, -0.25) is 9.59 Å². The van der Waals surface area contributed by atoms with Gasteiger partial charge >= 0.3 is 0 Å². The van der Waals surface area contributed by atoms with Gasteiger partial charge in [-0.05, 0) is 31.0 Å². The molecule has 4 rings (SSSR count). The number of amides is 1. The van der Waals surface area contributed by atoms with Crippen LogP contribution in [0.3, 0.4) is 0 Å². The molecule has 0 spiro atoms. The molecule has 1 atom stereocenters. The Morgan fingerprint density at radius 3 is 2.71 bits per heavy atom. The highest BCUT2D eigenvalue weighted by atomic mass is 16.5. The molecule has 158 valence electrons. The van der Waals surface area contributed by atoms with Gasteiger partial charge in [0.05, 0.1) is 11.6 Å². The number of hydrogen-bond acceptors (Lipinski definition) is 5. The van der Waals surface area contributed by atoms with E-state index in [4.69, 9.17) is 9.26 Å². The Hall–Kier alpha value is -3.87. The summed E-state index contributed by atoms with van der Waals surface area (Å²) >= 11 is 0. The van der Waals surface area contributed by atoms with Gasteiger partial charge in [-0.15, -0.1) is 4.57 Å². The van der Waals surface area contributed by atoms with Crippen molar-refractivity contribution in [1.29, 1.82) is 0 Å². The Morgan fingerprint density at radius 2 is 1.94 bits per heavy atom. The molecule has 2 heterocycles. The van der Waals surface area contributed by atoms with E-state index < -0.39 is 0 Å². The highest BCUT2D eigenvalue weighted by Gasteiger charge is 2.18. The van der Waals surface area contributed by atoms with Crippen LogP contribution in [0.1, 0.15) is 36.3 Å². The molecular formula is C24H23N3O4. The first-order valence-electron chi connectivity index (χ1n) is 10.1. The summed E-state index contributed by atoms with van der Waals surface area (Å²) in [6.45, 7) is 3.87. The van der Waals surface area contributed by atoms with E-state index in [0.29, 0.717) is 35.0 Å². The average molecular weight is 417 g/mol. The lowest BCUT2D eigenvalue weighted by atomic mass is 9.95. The number of anilines is 1. The number of aryl methyl sites for hydroxylation is 1. The number of carbonyl (C=O) groups excluding carboxylic acids is 1. The van der Waals surface area contributed by atoms with E-state index in [-0.39, 0.29) is 24.0 Å². The first kappa shape index (κ1) is 20.4. The van der Waals surface area contributed by atoms with Gasteiger partial charge in [0, 0.05) is 23.9 Å². The normalized spacial score (nSPS) is 11.9. The second kappa shape index (κ2) is 8.87. The fourth-order valence-corrected chi connectivity index (χ4v) is 3.46. The summed E-state index contributed by atoms with van der Waals surface area (Å²) in [6.07, 6.45) is 0.698. The molecule has 0 unspecified atom stereocenters. The first-order valence-corrected chi connectivity index (χ1v) is 10.1. The lowest BCUT2D eigenvalue weighted by Gasteiger charge is -2.16. The molecule has 0 aliphatic rings. The van der Waals surface area contributed by atoms with Crippen LogP contribution in [0.25, 0.3) is 5.65 Å². The van der Waals surface area contributed by atoms with Gasteiger partial charge in [-0.1, -0.05) is 43.3 Å². The second-order valence-corrected chi connectivity index (χ2v) is 7.26. The lowest BCUT2D eigenvalue weighted by Crippen LogP contribution is -2.20. The molecule has 0 saturated heterocycles. The van der Waals surface area contributed by atoms with Crippen molar-refractivity contribution in [3.8, 4) is 5.75 Å². The third kappa shape index (κ3) is 4.66. The summed E-state index contributed by atoms with van der Waals surface area (Å²) in [4.78, 5) is 29.3. The predicted octanol–water partition coefficient (Wildman–Crippen LogP) is 4.31. The van der Waals surface area contributed by atoms with E-state index in [1.165, 1.54) is 6.07 Å². The second-order valence-electron chi connectivity index (χ2n) is 7.26. The molecule has 0 fully saturated rings. The molecule has 31 heavy (non-hydrogen) atoms. The number of fused-ring (bicyclic) bond motifs is 1. The first-order chi connectivity index (χ1) is 15.0. The minimum absolute atomic E-state index is 0.0682. The zero-order valence-electron chi connectivity index (χ0n) is 17.4. The van der Waals surface area contributed by atoms with Crippen LogP contribution >= 0.6 is 0 Å². The molecule has 0 aliphatic carbocycles. The van der Waals surface area contributed by atoms with Crippen molar-refractivity contribution in [2.45, 2.75) is 32.8 Å². The summed E-state index contributed by atoms with van der Waals surface area (Å²) < 4.78 is 12.2. The number of nitrogens with zero attached hydrogens (tertiary/aromatic N) is 2. The number of carbonyl (C=O) groups is 1. The highest BCUT2D eigenvalue weighted by molar-refractivity contribution is 5.95. The van der Waals surface area contributed by atoms with Crippen molar-refractivity contribution in [1.82, 2.24) is 9.56 Å². The summed E-state index contributed by atoms with van der Waals surface area (Å²) in [5, 5.41) is 2.97. The van der Waals surface area contributed by atoms with Gasteiger partial charge in [0.15, 0.2) is 5.65 Å².